The van der Waals surface area contributed by atoms with Crippen LogP contribution in [0.1, 0.15) is 37.3 Å². The molecule has 1 atom stereocenters. The average Bonchev–Trinajstić information content (AvgIpc) is 2.38. The Hall–Kier alpha value is -1.42. The lowest BCUT2D eigenvalue weighted by molar-refractivity contribution is -0.121. The summed E-state index contributed by atoms with van der Waals surface area (Å²) in [5.74, 6) is 0.237. The van der Waals surface area contributed by atoms with Gasteiger partial charge in [0, 0.05) is 13.0 Å². The molecule has 1 unspecified atom stereocenters. The highest BCUT2D eigenvalue weighted by molar-refractivity contribution is 5.75. The maximum absolute atomic E-state index is 13.3. The Morgan fingerprint density at radius 1 is 1.42 bits per heavy atom. The number of halogens is 1. The van der Waals surface area contributed by atoms with Crippen LogP contribution in [-0.2, 0) is 11.3 Å². The second kappa shape index (κ2) is 7.89. The highest BCUT2D eigenvalue weighted by Crippen LogP contribution is 2.10. The normalized spacial score (nSPS) is 12.2. The summed E-state index contributed by atoms with van der Waals surface area (Å²) >= 11 is 0. The van der Waals surface area contributed by atoms with Gasteiger partial charge in [0.05, 0.1) is 0 Å². The molecule has 0 heterocycles. The Labute approximate surface area is 114 Å². The van der Waals surface area contributed by atoms with Crippen molar-refractivity contribution in [3.63, 3.8) is 0 Å². The van der Waals surface area contributed by atoms with Gasteiger partial charge in [0.25, 0.3) is 0 Å². The number of amides is 1. The maximum Gasteiger partial charge on any atom is 0.220 e. The molecule has 0 aliphatic heterocycles. The first kappa shape index (κ1) is 15.6. The molecule has 1 aromatic rings. The van der Waals surface area contributed by atoms with Crippen LogP contribution < -0.4 is 11.1 Å². The second-order valence-corrected chi connectivity index (χ2v) is 5.08. The van der Waals surface area contributed by atoms with Gasteiger partial charge in [-0.2, -0.15) is 0 Å². The van der Waals surface area contributed by atoms with Gasteiger partial charge in [-0.05, 0) is 49.4 Å². The van der Waals surface area contributed by atoms with Crippen LogP contribution in [0, 0.1) is 18.7 Å². The number of nitrogens with one attached hydrogen (secondary N) is 1. The lowest BCUT2D eigenvalue weighted by Crippen LogP contribution is -2.23. The summed E-state index contributed by atoms with van der Waals surface area (Å²) in [5, 5.41) is 2.81. The molecule has 0 aromatic heterocycles. The Bertz CT molecular complexity index is 421. The Morgan fingerprint density at radius 3 is 2.79 bits per heavy atom. The molecule has 1 aromatic carbocycles. The van der Waals surface area contributed by atoms with Gasteiger partial charge in [0.2, 0.25) is 5.91 Å². The van der Waals surface area contributed by atoms with E-state index in [1.165, 1.54) is 6.07 Å². The molecule has 0 aliphatic rings. The third-order valence-corrected chi connectivity index (χ3v) is 3.25. The summed E-state index contributed by atoms with van der Waals surface area (Å²) in [7, 11) is 0. The molecule has 0 aliphatic carbocycles. The highest BCUT2D eigenvalue weighted by atomic mass is 19.1. The highest BCUT2D eigenvalue weighted by Gasteiger charge is 2.06. The topological polar surface area (TPSA) is 55.1 Å². The van der Waals surface area contributed by atoms with Crippen molar-refractivity contribution < 1.29 is 9.18 Å². The molecule has 3 N–H and O–H groups in total. The summed E-state index contributed by atoms with van der Waals surface area (Å²) < 4.78 is 13.3. The van der Waals surface area contributed by atoms with E-state index in [4.69, 9.17) is 5.73 Å². The minimum atomic E-state index is -0.233. The van der Waals surface area contributed by atoms with Gasteiger partial charge in [-0.1, -0.05) is 19.1 Å². The van der Waals surface area contributed by atoms with Crippen LogP contribution >= 0.6 is 0 Å². The molecule has 1 rings (SSSR count). The van der Waals surface area contributed by atoms with Crippen LogP contribution in [0.5, 0.6) is 0 Å². The first-order valence-electron chi connectivity index (χ1n) is 6.74. The minimum Gasteiger partial charge on any atom is -0.352 e. The van der Waals surface area contributed by atoms with E-state index in [0.29, 0.717) is 31.0 Å². The monoisotopic (exact) mass is 266 g/mol. The van der Waals surface area contributed by atoms with Gasteiger partial charge in [-0.25, -0.2) is 4.39 Å². The molecule has 4 heteroatoms. The van der Waals surface area contributed by atoms with E-state index in [1.54, 1.807) is 13.0 Å². The lowest BCUT2D eigenvalue weighted by Gasteiger charge is -2.10. The zero-order chi connectivity index (χ0) is 14.3. The molecular formula is C15H23FN2O. The van der Waals surface area contributed by atoms with Crippen LogP contribution in [0.3, 0.4) is 0 Å². The van der Waals surface area contributed by atoms with Crippen LogP contribution in [0.15, 0.2) is 18.2 Å². The Balaban J connectivity index is 2.31. The molecular weight excluding hydrogens is 243 g/mol. The number of rotatable bonds is 7. The largest absolute Gasteiger partial charge is 0.352 e. The number of hydrogen-bond acceptors (Lipinski definition) is 2. The molecule has 0 bridgehead atoms. The molecule has 0 saturated carbocycles. The number of nitrogens with two attached hydrogens (primary N) is 1. The van der Waals surface area contributed by atoms with E-state index in [1.807, 2.05) is 6.07 Å². The third-order valence-electron chi connectivity index (χ3n) is 3.25. The van der Waals surface area contributed by atoms with Gasteiger partial charge in [-0.3, -0.25) is 4.79 Å². The standard InChI is InChI=1S/C15H23FN2O/c1-11(7-8-17)3-6-15(19)18-10-13-5-4-12(2)14(16)9-13/h4-5,9,11H,3,6-8,10,17H2,1-2H3,(H,18,19). The van der Waals surface area contributed by atoms with Crippen LogP contribution in [0.25, 0.3) is 0 Å². The quantitative estimate of drug-likeness (QED) is 0.796. The average molecular weight is 266 g/mol. The maximum atomic E-state index is 13.3. The summed E-state index contributed by atoms with van der Waals surface area (Å²) in [6, 6.07) is 5.02. The van der Waals surface area contributed by atoms with Crippen molar-refractivity contribution in [2.75, 3.05) is 6.54 Å². The van der Waals surface area contributed by atoms with Crippen molar-refractivity contribution in [2.24, 2.45) is 11.7 Å². The van der Waals surface area contributed by atoms with Gasteiger partial charge in [0.15, 0.2) is 0 Å². The van der Waals surface area contributed by atoms with Gasteiger partial charge in [-0.15, -0.1) is 0 Å². The molecule has 0 radical (unpaired) electrons. The Morgan fingerprint density at radius 2 is 2.16 bits per heavy atom. The molecule has 0 fully saturated rings. The zero-order valence-corrected chi connectivity index (χ0v) is 11.7. The smallest absolute Gasteiger partial charge is 0.220 e. The van der Waals surface area contributed by atoms with Crippen molar-refractivity contribution in [2.45, 2.75) is 39.7 Å². The van der Waals surface area contributed by atoms with E-state index in [-0.39, 0.29) is 11.7 Å². The predicted molar refractivity (Wildman–Crippen MR) is 75.1 cm³/mol. The fourth-order valence-electron chi connectivity index (χ4n) is 1.84. The van der Waals surface area contributed by atoms with Gasteiger partial charge >= 0.3 is 0 Å². The molecule has 3 nitrogen and oxygen atoms in total. The zero-order valence-electron chi connectivity index (χ0n) is 11.7. The fourth-order valence-corrected chi connectivity index (χ4v) is 1.84. The fraction of sp³-hybridized carbons (Fsp3) is 0.533. The molecule has 0 spiro atoms. The molecule has 19 heavy (non-hydrogen) atoms. The first-order chi connectivity index (χ1) is 9.02. The summed E-state index contributed by atoms with van der Waals surface area (Å²) in [6.45, 7) is 4.85. The minimum absolute atomic E-state index is 0.00449. The Kier molecular flexibility index (Phi) is 6.50. The van der Waals surface area contributed by atoms with Gasteiger partial charge in [0.1, 0.15) is 5.82 Å². The van der Waals surface area contributed by atoms with Crippen molar-refractivity contribution in [1.82, 2.24) is 5.32 Å². The van der Waals surface area contributed by atoms with Crippen molar-refractivity contribution in [1.29, 1.82) is 0 Å². The third kappa shape index (κ3) is 5.83. The lowest BCUT2D eigenvalue weighted by atomic mass is 10.0. The summed E-state index contributed by atoms with van der Waals surface area (Å²) in [5.41, 5.74) is 6.86. The van der Waals surface area contributed by atoms with E-state index in [9.17, 15) is 9.18 Å². The van der Waals surface area contributed by atoms with Crippen LogP contribution in [0.4, 0.5) is 4.39 Å². The molecule has 0 saturated heterocycles. The number of hydrogen-bond donors (Lipinski definition) is 2. The number of aryl methyl sites for hydroxylation is 1. The second-order valence-electron chi connectivity index (χ2n) is 5.08. The van der Waals surface area contributed by atoms with E-state index in [2.05, 4.69) is 12.2 Å². The first-order valence-corrected chi connectivity index (χ1v) is 6.74. The van der Waals surface area contributed by atoms with Gasteiger partial charge < -0.3 is 11.1 Å². The van der Waals surface area contributed by atoms with Crippen molar-refractivity contribution >= 4 is 5.91 Å². The summed E-state index contributed by atoms with van der Waals surface area (Å²) in [6.07, 6.45) is 2.28. The predicted octanol–water partition coefficient (Wildman–Crippen LogP) is 2.52. The van der Waals surface area contributed by atoms with Crippen LogP contribution in [0.2, 0.25) is 0 Å². The van der Waals surface area contributed by atoms with E-state index >= 15 is 0 Å². The molecule has 106 valence electrons. The van der Waals surface area contributed by atoms with E-state index in [0.717, 1.165) is 18.4 Å². The van der Waals surface area contributed by atoms with Crippen LogP contribution in [-0.4, -0.2) is 12.5 Å². The summed E-state index contributed by atoms with van der Waals surface area (Å²) in [4.78, 5) is 11.6. The van der Waals surface area contributed by atoms with Crippen molar-refractivity contribution in [3.8, 4) is 0 Å². The van der Waals surface area contributed by atoms with E-state index < -0.39 is 0 Å². The SMILES string of the molecule is Cc1ccc(CNC(=O)CCC(C)CCN)cc1F. The number of benzene rings is 1. The number of carbonyl (C=O) groups is 1. The number of carbonyl (C=O) groups excluding carboxylic acids is 1. The molecule has 1 amide bonds. The van der Waals surface area contributed by atoms with Crippen molar-refractivity contribution in [3.05, 3.63) is 35.1 Å².